The summed E-state index contributed by atoms with van der Waals surface area (Å²) in [5.74, 6) is 0. The quantitative estimate of drug-likeness (QED) is 0.282. The maximum atomic E-state index is 5.76. The molecule has 7 nitrogen and oxygen atoms in total. The van der Waals surface area contributed by atoms with Crippen molar-refractivity contribution in [2.24, 2.45) is 0 Å². The number of hydrogen-bond donors (Lipinski definition) is 0. The summed E-state index contributed by atoms with van der Waals surface area (Å²) in [5, 5.41) is 0. The molecule has 0 aromatic heterocycles. The van der Waals surface area contributed by atoms with E-state index in [1.807, 2.05) is 6.92 Å². The molecule has 124 valence electrons. The van der Waals surface area contributed by atoms with Crippen LogP contribution in [0, 0.1) is 0 Å². The van der Waals surface area contributed by atoms with E-state index >= 15 is 0 Å². The summed E-state index contributed by atoms with van der Waals surface area (Å²) in [4.78, 5) is 0. The number of ether oxygens (including phenoxy) is 4. The minimum atomic E-state index is -2.61. The maximum Gasteiger partial charge on any atom is 0.500 e. The van der Waals surface area contributed by atoms with Crippen LogP contribution in [0.4, 0.5) is 0 Å². The van der Waals surface area contributed by atoms with Gasteiger partial charge in [0.25, 0.3) is 0 Å². The van der Waals surface area contributed by atoms with Crippen LogP contribution in [-0.2, 0) is 32.2 Å². The third-order valence-electron chi connectivity index (χ3n) is 3.41. The Labute approximate surface area is 127 Å². The maximum absolute atomic E-state index is 5.76. The van der Waals surface area contributed by atoms with Gasteiger partial charge in [-0.2, -0.15) is 0 Å². The molecule has 2 atom stereocenters. The van der Waals surface area contributed by atoms with Crippen molar-refractivity contribution in [3.8, 4) is 0 Å². The van der Waals surface area contributed by atoms with Gasteiger partial charge < -0.3 is 32.2 Å². The lowest BCUT2D eigenvalue weighted by Gasteiger charge is -2.27. The SMILES string of the molecule is CCO[Si](CCC(OCC1CO1)OCC1CO1)(OC)OC. The van der Waals surface area contributed by atoms with Crippen molar-refractivity contribution in [2.45, 2.75) is 37.9 Å². The molecule has 0 bridgehead atoms. The number of hydrogen-bond acceptors (Lipinski definition) is 7. The molecule has 0 spiro atoms. The highest BCUT2D eigenvalue weighted by Crippen LogP contribution is 2.21. The van der Waals surface area contributed by atoms with E-state index in [0.29, 0.717) is 32.3 Å². The average Bonchev–Trinajstić information content (AvgIpc) is 3.39. The van der Waals surface area contributed by atoms with Gasteiger partial charge in [0.1, 0.15) is 12.2 Å². The lowest BCUT2D eigenvalue weighted by Crippen LogP contribution is -2.44. The van der Waals surface area contributed by atoms with Gasteiger partial charge in [-0.25, -0.2) is 0 Å². The van der Waals surface area contributed by atoms with Gasteiger partial charge in [-0.1, -0.05) is 0 Å². The Kier molecular flexibility index (Phi) is 7.03. The Morgan fingerprint density at radius 2 is 1.57 bits per heavy atom. The summed E-state index contributed by atoms with van der Waals surface area (Å²) in [5.41, 5.74) is 0. The van der Waals surface area contributed by atoms with Crippen molar-refractivity contribution in [1.82, 2.24) is 0 Å². The summed E-state index contributed by atoms with van der Waals surface area (Å²) in [6, 6.07) is 0.648. The molecule has 2 saturated heterocycles. The number of rotatable bonds is 13. The van der Waals surface area contributed by atoms with Gasteiger partial charge in [0.05, 0.1) is 26.4 Å². The smallest absolute Gasteiger partial charge is 0.377 e. The van der Waals surface area contributed by atoms with E-state index in [9.17, 15) is 0 Å². The monoisotopic (exact) mass is 322 g/mol. The van der Waals surface area contributed by atoms with Gasteiger partial charge in [0, 0.05) is 33.3 Å². The minimum Gasteiger partial charge on any atom is -0.377 e. The molecule has 8 heteroatoms. The van der Waals surface area contributed by atoms with Crippen LogP contribution in [0.2, 0.25) is 6.04 Å². The van der Waals surface area contributed by atoms with Crippen molar-refractivity contribution < 1.29 is 32.2 Å². The van der Waals surface area contributed by atoms with Gasteiger partial charge in [-0.05, 0) is 6.92 Å². The molecule has 0 radical (unpaired) electrons. The molecule has 2 rings (SSSR count). The molecule has 21 heavy (non-hydrogen) atoms. The molecule has 2 unspecified atom stereocenters. The lowest BCUT2D eigenvalue weighted by molar-refractivity contribution is -0.149. The highest BCUT2D eigenvalue weighted by molar-refractivity contribution is 6.60. The van der Waals surface area contributed by atoms with E-state index in [1.165, 1.54) is 0 Å². The largest absolute Gasteiger partial charge is 0.500 e. The van der Waals surface area contributed by atoms with Crippen molar-refractivity contribution in [3.63, 3.8) is 0 Å². The van der Waals surface area contributed by atoms with E-state index in [2.05, 4.69) is 0 Å². The fraction of sp³-hybridized carbons (Fsp3) is 1.00. The first-order chi connectivity index (χ1) is 10.2. The molecule has 0 saturated carbocycles. The summed E-state index contributed by atoms with van der Waals surface area (Å²) >= 11 is 0. The summed E-state index contributed by atoms with van der Waals surface area (Å²) in [6.07, 6.45) is 0.780. The molecule has 2 aliphatic rings. The third kappa shape index (κ3) is 6.29. The molecule has 0 aromatic carbocycles. The summed E-state index contributed by atoms with van der Waals surface area (Å²) < 4.78 is 38.5. The van der Waals surface area contributed by atoms with Crippen molar-refractivity contribution in [1.29, 1.82) is 0 Å². The second kappa shape index (κ2) is 8.54. The lowest BCUT2D eigenvalue weighted by atomic mass is 10.4. The van der Waals surface area contributed by atoms with Crippen LogP contribution in [0.5, 0.6) is 0 Å². The van der Waals surface area contributed by atoms with Crippen LogP contribution < -0.4 is 0 Å². The van der Waals surface area contributed by atoms with Gasteiger partial charge in [-0.15, -0.1) is 0 Å². The highest BCUT2D eigenvalue weighted by atomic mass is 28.4. The van der Waals surface area contributed by atoms with Crippen molar-refractivity contribution >= 4 is 8.80 Å². The Morgan fingerprint density at radius 3 is 1.95 bits per heavy atom. The predicted molar refractivity (Wildman–Crippen MR) is 76.0 cm³/mol. The van der Waals surface area contributed by atoms with Crippen LogP contribution in [0.3, 0.4) is 0 Å². The van der Waals surface area contributed by atoms with E-state index in [4.69, 9.17) is 32.2 Å². The predicted octanol–water partition coefficient (Wildman–Crippen LogP) is 0.802. The zero-order chi connectivity index (χ0) is 15.1. The first-order valence-corrected chi connectivity index (χ1v) is 9.35. The normalized spacial score (nSPS) is 25.9. The molecular weight excluding hydrogens is 296 g/mol. The van der Waals surface area contributed by atoms with Crippen molar-refractivity contribution in [2.75, 3.05) is 47.3 Å². The average molecular weight is 322 g/mol. The van der Waals surface area contributed by atoms with Crippen LogP contribution >= 0.6 is 0 Å². The first-order valence-electron chi connectivity index (χ1n) is 7.42. The molecule has 2 aliphatic heterocycles. The van der Waals surface area contributed by atoms with Gasteiger partial charge >= 0.3 is 8.80 Å². The molecule has 0 amide bonds. The summed E-state index contributed by atoms with van der Waals surface area (Å²) in [7, 11) is 0.636. The molecule has 2 fully saturated rings. The highest BCUT2D eigenvalue weighted by Gasteiger charge is 2.39. The Balaban J connectivity index is 1.76. The standard InChI is InChI=1S/C13H26O7Si/c1-4-20-21(14-2,15-3)6-5-13(18-9-11-7-16-11)19-10-12-8-17-12/h11-13H,4-10H2,1-3H3. The fourth-order valence-corrected chi connectivity index (χ4v) is 3.95. The third-order valence-corrected chi connectivity index (χ3v) is 6.29. The van der Waals surface area contributed by atoms with E-state index < -0.39 is 8.80 Å². The molecule has 0 aromatic rings. The topological polar surface area (TPSA) is 71.2 Å². The van der Waals surface area contributed by atoms with Gasteiger partial charge in [0.15, 0.2) is 6.29 Å². The molecular formula is C13H26O7Si. The summed E-state index contributed by atoms with van der Waals surface area (Å²) in [6.45, 7) is 5.14. The first kappa shape index (κ1) is 17.3. The zero-order valence-electron chi connectivity index (χ0n) is 13.0. The fourth-order valence-electron chi connectivity index (χ4n) is 1.96. The molecule has 0 aliphatic carbocycles. The molecule has 2 heterocycles. The van der Waals surface area contributed by atoms with E-state index in [0.717, 1.165) is 13.2 Å². The van der Waals surface area contributed by atoms with E-state index in [-0.39, 0.29) is 18.5 Å². The Morgan fingerprint density at radius 1 is 1.05 bits per heavy atom. The van der Waals surface area contributed by atoms with Crippen molar-refractivity contribution in [3.05, 3.63) is 0 Å². The minimum absolute atomic E-state index is 0.215. The Hall–Kier alpha value is -0.0631. The van der Waals surface area contributed by atoms with Gasteiger partial charge in [-0.3, -0.25) is 0 Å². The van der Waals surface area contributed by atoms with Gasteiger partial charge in [0.2, 0.25) is 0 Å². The van der Waals surface area contributed by atoms with Crippen LogP contribution in [0.1, 0.15) is 13.3 Å². The Bertz CT molecular complexity index is 276. The van der Waals surface area contributed by atoms with Crippen LogP contribution in [-0.4, -0.2) is 74.6 Å². The zero-order valence-corrected chi connectivity index (χ0v) is 14.0. The molecule has 0 N–H and O–H groups in total. The second-order valence-corrected chi connectivity index (χ2v) is 8.04. The number of epoxide rings is 2. The van der Waals surface area contributed by atoms with Crippen LogP contribution in [0.15, 0.2) is 0 Å². The van der Waals surface area contributed by atoms with Crippen LogP contribution in [0.25, 0.3) is 0 Å². The second-order valence-electron chi connectivity index (χ2n) is 5.07. The van der Waals surface area contributed by atoms with E-state index in [1.54, 1.807) is 14.2 Å².